The van der Waals surface area contributed by atoms with Crippen LogP contribution in [-0.4, -0.2) is 28.1 Å². The molecular formula is C17H10F6O4. The number of benzene rings is 2. The average molecular weight is 392 g/mol. The molecule has 0 aromatic heterocycles. The van der Waals surface area contributed by atoms with Gasteiger partial charge in [0.15, 0.2) is 0 Å². The zero-order chi connectivity index (χ0) is 20.6. The molecule has 2 aromatic carbocycles. The van der Waals surface area contributed by atoms with Gasteiger partial charge in [-0.15, -0.1) is 0 Å². The second-order valence-corrected chi connectivity index (χ2v) is 5.49. The van der Waals surface area contributed by atoms with Crippen molar-refractivity contribution in [3.05, 3.63) is 70.8 Å². The van der Waals surface area contributed by atoms with Crippen LogP contribution in [-0.2, 0) is 11.8 Å². The van der Waals surface area contributed by atoms with Crippen LogP contribution in [0.5, 0.6) is 0 Å². The summed E-state index contributed by atoms with van der Waals surface area (Å²) in [6, 6.07) is 3.62. The van der Waals surface area contributed by atoms with Gasteiger partial charge < -0.3 is 10.2 Å². The summed E-state index contributed by atoms with van der Waals surface area (Å²) in [4.78, 5) is 21.4. The maximum Gasteiger partial charge on any atom is 0.380 e. The monoisotopic (exact) mass is 392 g/mol. The van der Waals surface area contributed by atoms with E-state index in [1.165, 1.54) is 0 Å². The topological polar surface area (TPSA) is 74.6 Å². The fourth-order valence-corrected chi connectivity index (χ4v) is 2.20. The second kappa shape index (κ2) is 6.60. The molecule has 0 saturated carbocycles. The van der Waals surface area contributed by atoms with Gasteiger partial charge in [0, 0.05) is 11.1 Å². The highest BCUT2D eigenvalue weighted by Crippen LogP contribution is 2.55. The van der Waals surface area contributed by atoms with Crippen molar-refractivity contribution in [3.63, 3.8) is 0 Å². The van der Waals surface area contributed by atoms with Gasteiger partial charge in [0.05, 0.1) is 11.1 Å². The van der Waals surface area contributed by atoms with Crippen LogP contribution in [0.25, 0.3) is 0 Å². The maximum atomic E-state index is 14.2. The van der Waals surface area contributed by atoms with E-state index in [9.17, 15) is 35.9 Å². The summed E-state index contributed by atoms with van der Waals surface area (Å²) in [5.41, 5.74) is -3.98. The Hall–Kier alpha value is -3.04. The van der Waals surface area contributed by atoms with Crippen molar-refractivity contribution in [2.24, 2.45) is 0 Å². The smallest absolute Gasteiger partial charge is 0.380 e. The standard InChI is InChI=1S/C17H10F6O4/c18-15(19,11-5-1-9(2-6-11)13(24)25)17(22,23)16(20,21)12-7-3-10(4-8-12)14(26)27/h1-8H,(H,24,25)(H,26,27). The molecule has 2 rings (SSSR count). The van der Waals surface area contributed by atoms with Crippen LogP contribution in [0.4, 0.5) is 26.3 Å². The van der Waals surface area contributed by atoms with Crippen LogP contribution in [0.15, 0.2) is 48.5 Å². The molecule has 0 aliphatic heterocycles. The molecule has 2 aromatic rings. The van der Waals surface area contributed by atoms with Gasteiger partial charge in [0.2, 0.25) is 0 Å². The lowest BCUT2D eigenvalue weighted by molar-refractivity contribution is -0.321. The lowest BCUT2D eigenvalue weighted by Crippen LogP contribution is -2.50. The van der Waals surface area contributed by atoms with E-state index >= 15 is 0 Å². The Morgan fingerprint density at radius 3 is 1.07 bits per heavy atom. The van der Waals surface area contributed by atoms with Crippen molar-refractivity contribution in [1.82, 2.24) is 0 Å². The molecule has 2 N–H and O–H groups in total. The minimum absolute atomic E-state index is 0.320. The second-order valence-electron chi connectivity index (χ2n) is 5.49. The van der Waals surface area contributed by atoms with Crippen molar-refractivity contribution >= 4 is 11.9 Å². The molecule has 0 amide bonds. The van der Waals surface area contributed by atoms with Crippen LogP contribution in [0.3, 0.4) is 0 Å². The number of aromatic carboxylic acids is 2. The van der Waals surface area contributed by atoms with E-state index < -0.39 is 52.0 Å². The van der Waals surface area contributed by atoms with Crippen LogP contribution < -0.4 is 0 Å². The average Bonchev–Trinajstić information content (AvgIpc) is 2.61. The molecule has 10 heteroatoms. The van der Waals surface area contributed by atoms with E-state index in [-0.39, 0.29) is 0 Å². The van der Waals surface area contributed by atoms with Crippen LogP contribution >= 0.6 is 0 Å². The first kappa shape index (κ1) is 20.3. The highest BCUT2D eigenvalue weighted by atomic mass is 19.3. The number of alkyl halides is 6. The molecule has 0 spiro atoms. The van der Waals surface area contributed by atoms with Crippen molar-refractivity contribution in [2.75, 3.05) is 0 Å². The fraction of sp³-hybridized carbons (Fsp3) is 0.176. The number of halogens is 6. The molecule has 0 radical (unpaired) electrons. The van der Waals surface area contributed by atoms with E-state index in [0.717, 1.165) is 0 Å². The van der Waals surface area contributed by atoms with E-state index in [2.05, 4.69) is 0 Å². The molecule has 27 heavy (non-hydrogen) atoms. The van der Waals surface area contributed by atoms with Crippen LogP contribution in [0, 0.1) is 0 Å². The Balaban J connectivity index is 2.46. The van der Waals surface area contributed by atoms with Gasteiger partial charge >= 0.3 is 29.7 Å². The lowest BCUT2D eigenvalue weighted by atomic mass is 9.92. The van der Waals surface area contributed by atoms with Crippen molar-refractivity contribution in [3.8, 4) is 0 Å². The van der Waals surface area contributed by atoms with Crippen LogP contribution in [0.2, 0.25) is 0 Å². The van der Waals surface area contributed by atoms with Gasteiger partial charge in [0.25, 0.3) is 0 Å². The first-order valence-electron chi connectivity index (χ1n) is 7.13. The van der Waals surface area contributed by atoms with E-state index in [1.807, 2.05) is 0 Å². The highest BCUT2D eigenvalue weighted by Gasteiger charge is 2.72. The molecule has 0 aliphatic carbocycles. The number of carbonyl (C=O) groups is 2. The Morgan fingerprint density at radius 2 is 0.852 bits per heavy atom. The summed E-state index contributed by atoms with van der Waals surface area (Å²) in [5, 5.41) is 17.4. The number of rotatable bonds is 6. The Labute approximate surface area is 147 Å². The third-order valence-corrected chi connectivity index (χ3v) is 3.78. The highest BCUT2D eigenvalue weighted by molar-refractivity contribution is 5.88. The minimum atomic E-state index is -5.89. The first-order chi connectivity index (χ1) is 12.3. The number of hydrogen-bond acceptors (Lipinski definition) is 2. The molecule has 0 atom stereocenters. The summed E-state index contributed by atoms with van der Waals surface area (Å²) in [7, 11) is 0. The normalized spacial score (nSPS) is 12.7. The summed E-state index contributed by atoms with van der Waals surface area (Å²) in [5.74, 6) is -19.6. The molecule has 0 bridgehead atoms. The van der Waals surface area contributed by atoms with E-state index in [4.69, 9.17) is 10.2 Å². The largest absolute Gasteiger partial charge is 0.478 e. The molecule has 0 saturated heterocycles. The van der Waals surface area contributed by atoms with Gasteiger partial charge in [-0.1, -0.05) is 24.3 Å². The Bertz CT molecular complexity index is 788. The van der Waals surface area contributed by atoms with Crippen LogP contribution in [0.1, 0.15) is 31.8 Å². The quantitative estimate of drug-likeness (QED) is 0.705. The molecule has 0 heterocycles. The number of carboxylic acid groups (broad SMARTS) is 2. The zero-order valence-electron chi connectivity index (χ0n) is 13.1. The Kier molecular flexibility index (Phi) is 4.96. The SMILES string of the molecule is O=C(O)c1ccc(C(F)(F)C(F)(F)C(F)(F)c2ccc(C(=O)O)cc2)cc1. The van der Waals surface area contributed by atoms with E-state index in [0.29, 0.717) is 48.5 Å². The van der Waals surface area contributed by atoms with Gasteiger partial charge in [-0.3, -0.25) is 0 Å². The molecule has 0 aliphatic rings. The Morgan fingerprint density at radius 1 is 0.593 bits per heavy atom. The van der Waals surface area contributed by atoms with Gasteiger partial charge in [-0.2, -0.15) is 26.3 Å². The zero-order valence-corrected chi connectivity index (χ0v) is 13.1. The number of carboxylic acids is 2. The summed E-state index contributed by atoms with van der Waals surface area (Å²) < 4.78 is 85.0. The third-order valence-electron chi connectivity index (χ3n) is 3.78. The summed E-state index contributed by atoms with van der Waals surface area (Å²) in [6.45, 7) is 0. The maximum absolute atomic E-state index is 14.2. The molecule has 4 nitrogen and oxygen atoms in total. The third kappa shape index (κ3) is 3.34. The lowest BCUT2D eigenvalue weighted by Gasteiger charge is -2.33. The van der Waals surface area contributed by atoms with Gasteiger partial charge in [-0.05, 0) is 24.3 Å². The van der Waals surface area contributed by atoms with Gasteiger partial charge in [-0.25, -0.2) is 9.59 Å². The number of hydrogen-bond donors (Lipinski definition) is 2. The van der Waals surface area contributed by atoms with E-state index in [1.54, 1.807) is 0 Å². The summed E-state index contributed by atoms with van der Waals surface area (Å²) in [6.07, 6.45) is 0. The van der Waals surface area contributed by atoms with Crippen molar-refractivity contribution in [2.45, 2.75) is 17.8 Å². The van der Waals surface area contributed by atoms with Gasteiger partial charge in [0.1, 0.15) is 0 Å². The predicted octanol–water partition coefficient (Wildman–Crippen LogP) is 4.60. The minimum Gasteiger partial charge on any atom is -0.478 e. The van der Waals surface area contributed by atoms with Crippen molar-refractivity contribution < 1.29 is 46.1 Å². The molecule has 144 valence electrons. The molecular weight excluding hydrogens is 382 g/mol. The van der Waals surface area contributed by atoms with Crippen molar-refractivity contribution in [1.29, 1.82) is 0 Å². The molecule has 0 fully saturated rings. The first-order valence-corrected chi connectivity index (χ1v) is 7.13. The molecule has 0 unspecified atom stereocenters. The summed E-state index contributed by atoms with van der Waals surface area (Å²) >= 11 is 0. The predicted molar refractivity (Wildman–Crippen MR) is 79.5 cm³/mol. The fourth-order valence-electron chi connectivity index (χ4n) is 2.20.